The molecular weight excluding hydrogens is 286 g/mol. The number of benzene rings is 1. The first-order chi connectivity index (χ1) is 10.3. The molecular formula is C16H16ClN3O. The van der Waals surface area contributed by atoms with Gasteiger partial charge < -0.3 is 4.90 Å². The fourth-order valence-corrected chi connectivity index (χ4v) is 2.80. The lowest BCUT2D eigenvalue weighted by Crippen LogP contribution is -2.31. The fraction of sp³-hybridized carbons (Fsp3) is 0.312. The first-order valence-electron chi connectivity index (χ1n) is 7.12. The molecule has 1 aliphatic rings. The molecule has 0 N–H and O–H groups in total. The van der Waals surface area contributed by atoms with Crippen molar-refractivity contribution < 1.29 is 4.79 Å². The van der Waals surface area contributed by atoms with E-state index < -0.39 is 0 Å². The molecule has 5 heteroatoms. The number of carbonyl (C=O) groups excluding carboxylic acids is 1. The number of aldehydes is 1. The molecule has 0 atom stereocenters. The van der Waals surface area contributed by atoms with E-state index in [-0.39, 0.29) is 5.15 Å². The van der Waals surface area contributed by atoms with E-state index >= 15 is 0 Å². The van der Waals surface area contributed by atoms with E-state index in [1.54, 1.807) is 0 Å². The molecule has 0 saturated carbocycles. The van der Waals surface area contributed by atoms with E-state index in [0.717, 1.165) is 37.8 Å². The van der Waals surface area contributed by atoms with Crippen LogP contribution in [0.15, 0.2) is 30.3 Å². The van der Waals surface area contributed by atoms with Crippen molar-refractivity contribution in [3.05, 3.63) is 41.0 Å². The molecule has 2 aromatic rings. The molecule has 2 heterocycles. The number of halogens is 1. The SMILES string of the molecule is O=Cc1c(Cl)nc(-c2ccccc2)nc1N1CCCCC1. The summed E-state index contributed by atoms with van der Waals surface area (Å²) in [5.74, 6) is 1.22. The van der Waals surface area contributed by atoms with E-state index in [4.69, 9.17) is 11.6 Å². The van der Waals surface area contributed by atoms with Crippen molar-refractivity contribution in [2.75, 3.05) is 18.0 Å². The van der Waals surface area contributed by atoms with Crippen molar-refractivity contribution in [2.24, 2.45) is 0 Å². The number of rotatable bonds is 3. The molecule has 1 aliphatic heterocycles. The van der Waals surface area contributed by atoms with Gasteiger partial charge in [0.05, 0.1) is 5.56 Å². The van der Waals surface area contributed by atoms with Gasteiger partial charge in [0.1, 0.15) is 11.0 Å². The summed E-state index contributed by atoms with van der Waals surface area (Å²) in [6.07, 6.45) is 4.19. The van der Waals surface area contributed by atoms with Gasteiger partial charge in [-0.25, -0.2) is 9.97 Å². The van der Waals surface area contributed by atoms with E-state index in [1.165, 1.54) is 6.42 Å². The van der Waals surface area contributed by atoms with E-state index in [1.807, 2.05) is 30.3 Å². The highest BCUT2D eigenvalue weighted by atomic mass is 35.5. The first-order valence-corrected chi connectivity index (χ1v) is 7.50. The topological polar surface area (TPSA) is 46.1 Å². The Morgan fingerprint density at radius 3 is 2.43 bits per heavy atom. The average Bonchev–Trinajstić information content (AvgIpc) is 2.55. The maximum Gasteiger partial charge on any atom is 0.163 e. The summed E-state index contributed by atoms with van der Waals surface area (Å²) in [7, 11) is 0. The molecule has 0 spiro atoms. The van der Waals surface area contributed by atoms with Gasteiger partial charge in [-0.1, -0.05) is 41.9 Å². The van der Waals surface area contributed by atoms with Crippen LogP contribution >= 0.6 is 11.6 Å². The minimum Gasteiger partial charge on any atom is -0.356 e. The number of piperidine rings is 1. The molecule has 1 saturated heterocycles. The average molecular weight is 302 g/mol. The van der Waals surface area contributed by atoms with Crippen LogP contribution in [0.5, 0.6) is 0 Å². The standard InChI is InChI=1S/C16H16ClN3O/c17-14-13(11-21)16(20-9-5-2-6-10-20)19-15(18-14)12-7-3-1-4-8-12/h1,3-4,7-8,11H,2,5-6,9-10H2. The van der Waals surface area contributed by atoms with Crippen LogP contribution in [0.4, 0.5) is 5.82 Å². The molecule has 108 valence electrons. The van der Waals surface area contributed by atoms with Gasteiger partial charge >= 0.3 is 0 Å². The minimum atomic E-state index is 0.222. The number of aromatic nitrogens is 2. The van der Waals surface area contributed by atoms with Crippen molar-refractivity contribution >= 4 is 23.7 Å². The van der Waals surface area contributed by atoms with Crippen LogP contribution in [0.2, 0.25) is 5.15 Å². The van der Waals surface area contributed by atoms with Crippen molar-refractivity contribution in [3.63, 3.8) is 0 Å². The Morgan fingerprint density at radius 2 is 1.76 bits per heavy atom. The second-order valence-electron chi connectivity index (χ2n) is 5.11. The highest BCUT2D eigenvalue weighted by molar-refractivity contribution is 6.32. The molecule has 0 aliphatic carbocycles. The van der Waals surface area contributed by atoms with Crippen LogP contribution < -0.4 is 4.90 Å². The summed E-state index contributed by atoms with van der Waals surface area (Å²) in [5.41, 5.74) is 1.29. The van der Waals surface area contributed by atoms with Gasteiger partial charge in [-0.05, 0) is 19.3 Å². The number of hydrogen-bond acceptors (Lipinski definition) is 4. The molecule has 4 nitrogen and oxygen atoms in total. The lowest BCUT2D eigenvalue weighted by molar-refractivity contribution is 0.112. The molecule has 0 unspecified atom stereocenters. The van der Waals surface area contributed by atoms with Gasteiger partial charge in [0.25, 0.3) is 0 Å². The van der Waals surface area contributed by atoms with E-state index in [9.17, 15) is 4.79 Å². The van der Waals surface area contributed by atoms with Gasteiger partial charge in [0, 0.05) is 18.7 Å². The monoisotopic (exact) mass is 301 g/mol. The zero-order valence-electron chi connectivity index (χ0n) is 11.6. The predicted octanol–water partition coefficient (Wildman–Crippen LogP) is 3.60. The molecule has 0 bridgehead atoms. The predicted molar refractivity (Wildman–Crippen MR) is 83.9 cm³/mol. The summed E-state index contributed by atoms with van der Waals surface area (Å²) in [4.78, 5) is 22.3. The lowest BCUT2D eigenvalue weighted by Gasteiger charge is -2.29. The zero-order chi connectivity index (χ0) is 14.7. The van der Waals surface area contributed by atoms with E-state index in [0.29, 0.717) is 17.2 Å². The zero-order valence-corrected chi connectivity index (χ0v) is 12.4. The van der Waals surface area contributed by atoms with Gasteiger partial charge in [-0.2, -0.15) is 0 Å². The van der Waals surface area contributed by atoms with Crippen molar-refractivity contribution in [1.29, 1.82) is 0 Å². The smallest absolute Gasteiger partial charge is 0.163 e. The van der Waals surface area contributed by atoms with Crippen LogP contribution in [0, 0.1) is 0 Å². The van der Waals surface area contributed by atoms with Gasteiger partial charge in [-0.3, -0.25) is 4.79 Å². The van der Waals surface area contributed by atoms with Crippen molar-refractivity contribution in [2.45, 2.75) is 19.3 Å². The summed E-state index contributed by atoms with van der Waals surface area (Å²) >= 11 is 6.19. The maximum absolute atomic E-state index is 11.3. The molecule has 1 aromatic carbocycles. The van der Waals surface area contributed by atoms with Gasteiger partial charge in [0.15, 0.2) is 12.1 Å². The quantitative estimate of drug-likeness (QED) is 0.642. The third-order valence-corrected chi connectivity index (χ3v) is 3.97. The van der Waals surface area contributed by atoms with Crippen LogP contribution in [0.3, 0.4) is 0 Å². The van der Waals surface area contributed by atoms with Crippen molar-refractivity contribution in [1.82, 2.24) is 9.97 Å². The molecule has 21 heavy (non-hydrogen) atoms. The third kappa shape index (κ3) is 2.90. The van der Waals surface area contributed by atoms with Gasteiger partial charge in [0.2, 0.25) is 0 Å². The van der Waals surface area contributed by atoms with Crippen LogP contribution in [0.25, 0.3) is 11.4 Å². The fourth-order valence-electron chi connectivity index (χ4n) is 2.60. The van der Waals surface area contributed by atoms with Crippen LogP contribution in [-0.2, 0) is 0 Å². The summed E-state index contributed by atoms with van der Waals surface area (Å²) in [6, 6.07) is 9.68. The summed E-state index contributed by atoms with van der Waals surface area (Å²) in [6.45, 7) is 1.81. The largest absolute Gasteiger partial charge is 0.356 e. The Hall–Kier alpha value is -1.94. The van der Waals surface area contributed by atoms with Crippen molar-refractivity contribution in [3.8, 4) is 11.4 Å². The Labute approximate surface area is 128 Å². The molecule has 0 amide bonds. The Morgan fingerprint density at radius 1 is 1.05 bits per heavy atom. The lowest BCUT2D eigenvalue weighted by atomic mass is 10.1. The highest BCUT2D eigenvalue weighted by Crippen LogP contribution is 2.28. The maximum atomic E-state index is 11.3. The second-order valence-corrected chi connectivity index (χ2v) is 5.46. The Kier molecular flexibility index (Phi) is 4.15. The summed E-state index contributed by atoms with van der Waals surface area (Å²) < 4.78 is 0. The highest BCUT2D eigenvalue weighted by Gasteiger charge is 2.20. The number of hydrogen-bond donors (Lipinski definition) is 0. The molecule has 0 radical (unpaired) electrons. The number of carbonyl (C=O) groups is 1. The molecule has 3 rings (SSSR count). The Bertz CT molecular complexity index is 639. The second kappa shape index (κ2) is 6.22. The van der Waals surface area contributed by atoms with E-state index in [2.05, 4.69) is 14.9 Å². The first kappa shape index (κ1) is 14.0. The summed E-state index contributed by atoms with van der Waals surface area (Å²) in [5, 5.41) is 0.222. The number of nitrogens with zero attached hydrogens (tertiary/aromatic N) is 3. The van der Waals surface area contributed by atoms with Crippen LogP contribution in [0.1, 0.15) is 29.6 Å². The minimum absolute atomic E-state index is 0.222. The number of anilines is 1. The Balaban J connectivity index is 2.08. The molecule has 1 fully saturated rings. The third-order valence-electron chi connectivity index (χ3n) is 3.68. The normalized spacial score (nSPS) is 15.0. The van der Waals surface area contributed by atoms with Crippen LogP contribution in [-0.4, -0.2) is 29.3 Å². The molecule has 1 aromatic heterocycles. The van der Waals surface area contributed by atoms with Gasteiger partial charge in [-0.15, -0.1) is 0 Å².